The molecule has 0 fully saturated rings. The second kappa shape index (κ2) is 9.00. The molecular formula is C20H32OSn. The molecular weight excluding hydrogens is 375 g/mol. The van der Waals surface area contributed by atoms with E-state index in [4.69, 9.17) is 4.42 Å². The number of hydrogen-bond acceptors (Lipinski definition) is 1. The van der Waals surface area contributed by atoms with E-state index in [1.54, 1.807) is 3.58 Å². The van der Waals surface area contributed by atoms with Crippen molar-refractivity contribution in [1.82, 2.24) is 0 Å². The Hall–Kier alpha value is -0.441. The van der Waals surface area contributed by atoms with E-state index in [1.165, 1.54) is 57.2 Å². The summed E-state index contributed by atoms with van der Waals surface area (Å²) in [6, 6.07) is 9.26. The third-order valence-corrected chi connectivity index (χ3v) is 20.7. The quantitative estimate of drug-likeness (QED) is 0.411. The first-order chi connectivity index (χ1) is 10.8. The van der Waals surface area contributed by atoms with Crippen LogP contribution in [0.4, 0.5) is 0 Å². The SMILES string of the molecule is CCC[CH2][Sn]([CH2]CCC)([CH2]CCC)[c]1ccc2occc2c1. The van der Waals surface area contributed by atoms with Gasteiger partial charge < -0.3 is 0 Å². The number of furan rings is 1. The van der Waals surface area contributed by atoms with E-state index >= 15 is 0 Å². The van der Waals surface area contributed by atoms with Gasteiger partial charge in [-0.25, -0.2) is 0 Å². The van der Waals surface area contributed by atoms with Gasteiger partial charge in [0.25, 0.3) is 0 Å². The van der Waals surface area contributed by atoms with E-state index in [-0.39, 0.29) is 0 Å². The fraction of sp³-hybridized carbons (Fsp3) is 0.600. The van der Waals surface area contributed by atoms with Crippen molar-refractivity contribution in [3.05, 3.63) is 30.5 Å². The zero-order valence-electron chi connectivity index (χ0n) is 14.7. The molecule has 122 valence electrons. The van der Waals surface area contributed by atoms with Crippen LogP contribution < -0.4 is 3.58 Å². The van der Waals surface area contributed by atoms with E-state index in [1.807, 2.05) is 6.26 Å². The average molecular weight is 407 g/mol. The predicted octanol–water partition coefficient (Wildman–Crippen LogP) is 6.49. The number of hydrogen-bond donors (Lipinski definition) is 0. The van der Waals surface area contributed by atoms with E-state index in [0.717, 1.165) is 5.58 Å². The van der Waals surface area contributed by atoms with Crippen LogP contribution in [0.25, 0.3) is 11.0 Å². The van der Waals surface area contributed by atoms with Gasteiger partial charge in [-0.3, -0.25) is 0 Å². The van der Waals surface area contributed by atoms with Crippen LogP contribution in [0.1, 0.15) is 59.3 Å². The summed E-state index contributed by atoms with van der Waals surface area (Å²) in [4.78, 5) is 0. The molecule has 0 aliphatic heterocycles. The Morgan fingerprint density at radius 1 is 0.818 bits per heavy atom. The molecule has 0 N–H and O–H groups in total. The third kappa shape index (κ3) is 4.30. The number of fused-ring (bicyclic) bond motifs is 1. The molecule has 0 saturated heterocycles. The monoisotopic (exact) mass is 408 g/mol. The number of rotatable bonds is 10. The second-order valence-electron chi connectivity index (χ2n) is 6.76. The summed E-state index contributed by atoms with van der Waals surface area (Å²) in [6.45, 7) is 7.03. The van der Waals surface area contributed by atoms with Crippen molar-refractivity contribution in [3.8, 4) is 0 Å². The standard InChI is InChI=1S/C8H5O.3C4H9.Sn/c1-2-4-8-7(3-1)5-6-9-8;3*1-3-4-2;/h2-6H;3*1,3-4H2,2H3;. The molecule has 2 heteroatoms. The first kappa shape index (κ1) is 17.9. The van der Waals surface area contributed by atoms with Crippen molar-refractivity contribution < 1.29 is 4.42 Å². The molecule has 2 aromatic rings. The molecule has 0 aliphatic carbocycles. The van der Waals surface area contributed by atoms with Crippen LogP contribution in [0, 0.1) is 0 Å². The van der Waals surface area contributed by atoms with Crippen LogP contribution in [0.15, 0.2) is 34.9 Å². The van der Waals surface area contributed by atoms with Crippen molar-refractivity contribution in [2.45, 2.75) is 72.6 Å². The van der Waals surface area contributed by atoms with Crippen LogP contribution in [0.5, 0.6) is 0 Å². The van der Waals surface area contributed by atoms with Crippen LogP contribution in [0.2, 0.25) is 13.3 Å². The molecule has 2 rings (SSSR count). The zero-order valence-corrected chi connectivity index (χ0v) is 17.5. The Kier molecular flexibility index (Phi) is 7.33. The summed E-state index contributed by atoms with van der Waals surface area (Å²) < 4.78 is 11.9. The zero-order chi connectivity index (χ0) is 15.8. The fourth-order valence-corrected chi connectivity index (χ4v) is 19.6. The van der Waals surface area contributed by atoms with Gasteiger partial charge in [-0.1, -0.05) is 0 Å². The van der Waals surface area contributed by atoms with Gasteiger partial charge in [0.2, 0.25) is 0 Å². The molecule has 0 radical (unpaired) electrons. The molecule has 0 spiro atoms. The van der Waals surface area contributed by atoms with Gasteiger partial charge in [0.1, 0.15) is 0 Å². The summed E-state index contributed by atoms with van der Waals surface area (Å²) in [5.41, 5.74) is 1.05. The molecule has 1 heterocycles. The van der Waals surface area contributed by atoms with E-state index in [2.05, 4.69) is 45.0 Å². The van der Waals surface area contributed by atoms with Crippen molar-refractivity contribution in [2.75, 3.05) is 0 Å². The first-order valence-corrected chi connectivity index (χ1v) is 16.7. The number of unbranched alkanes of at least 4 members (excludes halogenated alkanes) is 3. The summed E-state index contributed by atoms with van der Waals surface area (Å²) in [5.74, 6) is 0. The molecule has 0 amide bonds. The Labute approximate surface area is 140 Å². The average Bonchev–Trinajstić information content (AvgIpc) is 3.02. The molecule has 22 heavy (non-hydrogen) atoms. The summed E-state index contributed by atoms with van der Waals surface area (Å²) in [7, 11) is 0. The summed E-state index contributed by atoms with van der Waals surface area (Å²) >= 11 is -2.26. The van der Waals surface area contributed by atoms with Gasteiger partial charge >= 0.3 is 140 Å². The first-order valence-electron chi connectivity index (χ1n) is 9.23. The minimum absolute atomic E-state index is 1.05. The van der Waals surface area contributed by atoms with Gasteiger partial charge in [-0.05, 0) is 0 Å². The van der Waals surface area contributed by atoms with Gasteiger partial charge in [-0.15, -0.1) is 0 Å². The molecule has 0 bridgehead atoms. The Morgan fingerprint density at radius 3 is 1.95 bits per heavy atom. The molecule has 0 aliphatic rings. The van der Waals surface area contributed by atoms with Crippen molar-refractivity contribution in [1.29, 1.82) is 0 Å². The maximum absolute atomic E-state index is 5.55. The Balaban J connectivity index is 2.36. The van der Waals surface area contributed by atoms with E-state index < -0.39 is 18.4 Å². The normalized spacial score (nSPS) is 12.1. The predicted molar refractivity (Wildman–Crippen MR) is 101 cm³/mol. The molecule has 1 nitrogen and oxygen atoms in total. The van der Waals surface area contributed by atoms with Gasteiger partial charge in [0.15, 0.2) is 0 Å². The Morgan fingerprint density at radius 2 is 1.41 bits per heavy atom. The molecule has 1 aromatic heterocycles. The van der Waals surface area contributed by atoms with Gasteiger partial charge in [0, 0.05) is 0 Å². The summed E-state index contributed by atoms with van der Waals surface area (Å²) in [5, 5.41) is 1.31. The maximum atomic E-state index is 5.55. The van der Waals surface area contributed by atoms with E-state index in [9.17, 15) is 0 Å². The fourth-order valence-electron chi connectivity index (χ4n) is 3.65. The van der Waals surface area contributed by atoms with Crippen LogP contribution in [0.3, 0.4) is 0 Å². The van der Waals surface area contributed by atoms with Crippen LogP contribution >= 0.6 is 0 Å². The molecule has 0 unspecified atom stereocenters. The minimum atomic E-state index is -2.26. The van der Waals surface area contributed by atoms with Crippen molar-refractivity contribution in [3.63, 3.8) is 0 Å². The third-order valence-electron chi connectivity index (χ3n) is 5.09. The van der Waals surface area contributed by atoms with Crippen LogP contribution in [-0.2, 0) is 0 Å². The Bertz CT molecular complexity index is 536. The molecule has 1 aromatic carbocycles. The van der Waals surface area contributed by atoms with Crippen LogP contribution in [-0.4, -0.2) is 18.4 Å². The summed E-state index contributed by atoms with van der Waals surface area (Å²) in [6.07, 6.45) is 10.1. The second-order valence-corrected chi connectivity index (χ2v) is 20.0. The van der Waals surface area contributed by atoms with Crippen molar-refractivity contribution >= 4 is 32.9 Å². The number of benzene rings is 1. The molecule has 0 atom stereocenters. The topological polar surface area (TPSA) is 13.1 Å². The van der Waals surface area contributed by atoms with Gasteiger partial charge in [0.05, 0.1) is 0 Å². The van der Waals surface area contributed by atoms with Gasteiger partial charge in [-0.2, -0.15) is 0 Å². The molecule has 0 saturated carbocycles. The van der Waals surface area contributed by atoms with Crippen molar-refractivity contribution in [2.24, 2.45) is 0 Å². The van der Waals surface area contributed by atoms with E-state index in [0.29, 0.717) is 0 Å².